The fourth-order valence-corrected chi connectivity index (χ4v) is 1.76. The van der Waals surface area contributed by atoms with Gasteiger partial charge in [-0.15, -0.1) is 0 Å². The van der Waals surface area contributed by atoms with Crippen molar-refractivity contribution in [2.75, 3.05) is 20.8 Å². The zero-order chi connectivity index (χ0) is 12.0. The van der Waals surface area contributed by atoms with Crippen molar-refractivity contribution in [3.05, 3.63) is 35.1 Å². The van der Waals surface area contributed by atoms with Crippen molar-refractivity contribution < 1.29 is 9.13 Å². The van der Waals surface area contributed by atoms with E-state index in [1.807, 2.05) is 20.0 Å². The van der Waals surface area contributed by atoms with E-state index in [1.165, 1.54) is 11.6 Å². The number of aryl methyl sites for hydroxylation is 1. The summed E-state index contributed by atoms with van der Waals surface area (Å²) < 4.78 is 18.0. The molecule has 1 aromatic carbocycles. The van der Waals surface area contributed by atoms with Crippen molar-refractivity contribution in [2.24, 2.45) is 0 Å². The topological polar surface area (TPSA) is 21.3 Å². The van der Waals surface area contributed by atoms with Gasteiger partial charge in [-0.3, -0.25) is 0 Å². The van der Waals surface area contributed by atoms with Crippen molar-refractivity contribution >= 4 is 0 Å². The van der Waals surface area contributed by atoms with Gasteiger partial charge in [-0.2, -0.15) is 0 Å². The number of methoxy groups -OCH3 is 1. The van der Waals surface area contributed by atoms with Gasteiger partial charge in [-0.25, -0.2) is 4.39 Å². The van der Waals surface area contributed by atoms with E-state index < -0.39 is 0 Å². The zero-order valence-electron chi connectivity index (χ0n) is 10.2. The summed E-state index contributed by atoms with van der Waals surface area (Å²) in [5.74, 6) is -0.167. The molecule has 0 aliphatic carbocycles. The molecule has 1 atom stereocenters. The third-order valence-corrected chi connectivity index (χ3v) is 2.85. The van der Waals surface area contributed by atoms with Gasteiger partial charge >= 0.3 is 0 Å². The Labute approximate surface area is 96.8 Å². The maximum absolute atomic E-state index is 12.9. The molecule has 0 saturated heterocycles. The molecule has 90 valence electrons. The SMILES string of the molecule is CNC(CCOC)Cc1ccc(F)cc1C. The van der Waals surface area contributed by atoms with Crippen LogP contribution in [0.5, 0.6) is 0 Å². The van der Waals surface area contributed by atoms with Crippen LogP contribution in [0.3, 0.4) is 0 Å². The lowest BCUT2D eigenvalue weighted by Gasteiger charge is -2.17. The molecule has 0 saturated carbocycles. The fraction of sp³-hybridized carbons (Fsp3) is 0.538. The smallest absolute Gasteiger partial charge is 0.123 e. The minimum Gasteiger partial charge on any atom is -0.385 e. The Kier molecular flexibility index (Phi) is 5.43. The number of nitrogens with one attached hydrogen (secondary N) is 1. The second kappa shape index (κ2) is 6.61. The van der Waals surface area contributed by atoms with E-state index in [0.717, 1.165) is 25.0 Å². The van der Waals surface area contributed by atoms with Gasteiger partial charge in [0.15, 0.2) is 0 Å². The minimum atomic E-state index is -0.167. The molecule has 0 amide bonds. The Morgan fingerprint density at radius 3 is 2.75 bits per heavy atom. The summed E-state index contributed by atoms with van der Waals surface area (Å²) in [5, 5.41) is 3.25. The highest BCUT2D eigenvalue weighted by atomic mass is 19.1. The molecular formula is C13H20FNO. The molecule has 0 spiro atoms. The Balaban J connectivity index is 2.62. The van der Waals surface area contributed by atoms with Gasteiger partial charge in [0.2, 0.25) is 0 Å². The van der Waals surface area contributed by atoms with E-state index in [1.54, 1.807) is 13.2 Å². The van der Waals surface area contributed by atoms with Crippen LogP contribution in [-0.4, -0.2) is 26.8 Å². The summed E-state index contributed by atoms with van der Waals surface area (Å²) in [6, 6.07) is 5.34. The van der Waals surface area contributed by atoms with E-state index in [0.29, 0.717) is 6.04 Å². The molecule has 1 aromatic rings. The number of halogens is 1. The van der Waals surface area contributed by atoms with Gasteiger partial charge in [0.1, 0.15) is 5.82 Å². The van der Waals surface area contributed by atoms with E-state index in [4.69, 9.17) is 4.74 Å². The number of benzene rings is 1. The average molecular weight is 225 g/mol. The van der Waals surface area contributed by atoms with Crippen molar-refractivity contribution in [1.29, 1.82) is 0 Å². The summed E-state index contributed by atoms with van der Waals surface area (Å²) >= 11 is 0. The van der Waals surface area contributed by atoms with Gasteiger partial charge in [0, 0.05) is 19.8 Å². The fourth-order valence-electron chi connectivity index (χ4n) is 1.76. The summed E-state index contributed by atoms with van der Waals surface area (Å²) in [4.78, 5) is 0. The number of hydrogen-bond acceptors (Lipinski definition) is 2. The van der Waals surface area contributed by atoms with Crippen molar-refractivity contribution in [2.45, 2.75) is 25.8 Å². The molecule has 0 fully saturated rings. The van der Waals surface area contributed by atoms with E-state index in [-0.39, 0.29) is 5.82 Å². The Morgan fingerprint density at radius 1 is 1.44 bits per heavy atom. The maximum Gasteiger partial charge on any atom is 0.123 e. The molecule has 1 unspecified atom stereocenters. The lowest BCUT2D eigenvalue weighted by molar-refractivity contribution is 0.184. The van der Waals surface area contributed by atoms with Crippen LogP contribution in [0.25, 0.3) is 0 Å². The summed E-state index contributed by atoms with van der Waals surface area (Å²) in [7, 11) is 3.65. The standard InChI is InChI=1S/C13H20FNO/c1-10-8-12(14)5-4-11(10)9-13(15-2)6-7-16-3/h4-5,8,13,15H,6-7,9H2,1-3H3. The van der Waals surface area contributed by atoms with Crippen LogP contribution in [0, 0.1) is 12.7 Å². The third kappa shape index (κ3) is 3.91. The van der Waals surface area contributed by atoms with Gasteiger partial charge in [-0.05, 0) is 50.1 Å². The van der Waals surface area contributed by atoms with Gasteiger partial charge < -0.3 is 10.1 Å². The lowest BCUT2D eigenvalue weighted by Crippen LogP contribution is -2.29. The molecule has 0 heterocycles. The monoisotopic (exact) mass is 225 g/mol. The highest BCUT2D eigenvalue weighted by Gasteiger charge is 2.09. The largest absolute Gasteiger partial charge is 0.385 e. The first-order valence-electron chi connectivity index (χ1n) is 5.58. The van der Waals surface area contributed by atoms with E-state index >= 15 is 0 Å². The van der Waals surface area contributed by atoms with Crippen LogP contribution < -0.4 is 5.32 Å². The molecular weight excluding hydrogens is 205 g/mol. The summed E-state index contributed by atoms with van der Waals surface area (Å²) in [5.41, 5.74) is 2.20. The van der Waals surface area contributed by atoms with Crippen molar-refractivity contribution in [3.8, 4) is 0 Å². The third-order valence-electron chi connectivity index (χ3n) is 2.85. The quantitative estimate of drug-likeness (QED) is 0.802. The molecule has 0 aliphatic heterocycles. The molecule has 0 aliphatic rings. The van der Waals surface area contributed by atoms with Crippen molar-refractivity contribution in [1.82, 2.24) is 5.32 Å². The molecule has 0 radical (unpaired) electrons. The normalized spacial score (nSPS) is 12.8. The van der Waals surface area contributed by atoms with Crippen molar-refractivity contribution in [3.63, 3.8) is 0 Å². The van der Waals surface area contributed by atoms with Gasteiger partial charge in [0.05, 0.1) is 0 Å². The molecule has 2 nitrogen and oxygen atoms in total. The molecule has 1 rings (SSSR count). The Hall–Kier alpha value is -0.930. The highest BCUT2D eigenvalue weighted by molar-refractivity contribution is 5.27. The summed E-state index contributed by atoms with van der Waals surface area (Å²) in [6.07, 6.45) is 1.87. The zero-order valence-corrected chi connectivity index (χ0v) is 10.2. The molecule has 3 heteroatoms. The molecule has 0 bridgehead atoms. The second-order valence-electron chi connectivity index (χ2n) is 4.04. The first kappa shape index (κ1) is 13.1. The van der Waals surface area contributed by atoms with Crippen LogP contribution in [0.15, 0.2) is 18.2 Å². The highest BCUT2D eigenvalue weighted by Crippen LogP contribution is 2.13. The van der Waals surface area contributed by atoms with Crippen LogP contribution in [0.2, 0.25) is 0 Å². The first-order valence-corrected chi connectivity index (χ1v) is 5.58. The van der Waals surface area contributed by atoms with Gasteiger partial charge in [0.25, 0.3) is 0 Å². The maximum atomic E-state index is 12.9. The predicted octanol–water partition coefficient (Wildman–Crippen LogP) is 2.30. The van der Waals surface area contributed by atoms with E-state index in [2.05, 4.69) is 5.32 Å². The molecule has 1 N–H and O–H groups in total. The number of hydrogen-bond donors (Lipinski definition) is 1. The second-order valence-corrected chi connectivity index (χ2v) is 4.04. The minimum absolute atomic E-state index is 0.167. The average Bonchev–Trinajstić information content (AvgIpc) is 2.27. The Bertz CT molecular complexity index is 328. The number of ether oxygens (including phenoxy) is 1. The van der Waals surface area contributed by atoms with Gasteiger partial charge in [-0.1, -0.05) is 6.07 Å². The van der Waals surface area contributed by atoms with Crippen LogP contribution >= 0.6 is 0 Å². The van der Waals surface area contributed by atoms with Crippen LogP contribution in [0.1, 0.15) is 17.5 Å². The molecule has 0 aromatic heterocycles. The van der Waals surface area contributed by atoms with E-state index in [9.17, 15) is 4.39 Å². The number of likely N-dealkylation sites (N-methyl/N-ethyl adjacent to an activating group) is 1. The number of rotatable bonds is 6. The lowest BCUT2D eigenvalue weighted by atomic mass is 9.99. The molecule has 16 heavy (non-hydrogen) atoms. The van der Waals surface area contributed by atoms with Crippen LogP contribution in [0.4, 0.5) is 4.39 Å². The first-order chi connectivity index (χ1) is 7.67. The Morgan fingerprint density at radius 2 is 2.19 bits per heavy atom. The summed E-state index contributed by atoms with van der Waals surface area (Å²) in [6.45, 7) is 2.69. The van der Waals surface area contributed by atoms with Crippen LogP contribution in [-0.2, 0) is 11.2 Å². The predicted molar refractivity (Wildman–Crippen MR) is 64.2 cm³/mol.